The van der Waals surface area contributed by atoms with Gasteiger partial charge in [0.1, 0.15) is 36.1 Å². The number of aliphatic hydroxyl groups is 2. The minimum Gasteiger partial charge on any atom is -0.388 e. The van der Waals surface area contributed by atoms with Gasteiger partial charge < -0.3 is 63.6 Å². The van der Waals surface area contributed by atoms with Gasteiger partial charge in [-0.05, 0) is 139 Å². The Labute approximate surface area is 525 Å². The number of amides is 2. The van der Waals surface area contributed by atoms with E-state index in [1.807, 2.05) is 13.8 Å². The Morgan fingerprint density at radius 2 is 1.16 bits per heavy atom. The van der Waals surface area contributed by atoms with Gasteiger partial charge >= 0.3 is 11.4 Å². The third kappa shape index (κ3) is 17.1. The van der Waals surface area contributed by atoms with E-state index in [1.165, 1.54) is 158 Å². The predicted molar refractivity (Wildman–Crippen MR) is 342 cm³/mol. The molecular formula is C61H107ClN10O13P2. The summed E-state index contributed by atoms with van der Waals surface area (Å²) in [5.41, 5.74) is -1.32. The molecule has 2 aromatic heterocycles. The molecule has 2 aromatic rings. The molecular weight excluding hydrogens is 1180 g/mol. The molecule has 7 aliphatic heterocycles. The molecule has 7 saturated heterocycles. The summed E-state index contributed by atoms with van der Waals surface area (Å²) in [5, 5.41) is 28.6. The molecule has 3 saturated carbocycles. The van der Waals surface area contributed by atoms with Gasteiger partial charge in [-0.1, -0.05) is 88.0 Å². The van der Waals surface area contributed by atoms with Crippen molar-refractivity contribution < 1.29 is 52.3 Å². The monoisotopic (exact) mass is 1280 g/mol. The van der Waals surface area contributed by atoms with E-state index in [-0.39, 0.29) is 67.3 Å². The lowest BCUT2D eigenvalue weighted by Crippen LogP contribution is -2.45. The molecule has 5 N–H and O–H groups in total. The Morgan fingerprint density at radius 1 is 0.690 bits per heavy atom. The molecule has 13 atom stereocenters. The van der Waals surface area contributed by atoms with Crippen LogP contribution in [-0.4, -0.2) is 180 Å². The fourth-order valence-corrected chi connectivity index (χ4v) is 19.2. The van der Waals surface area contributed by atoms with Gasteiger partial charge in [-0.3, -0.25) is 18.7 Å². The van der Waals surface area contributed by atoms with Crippen LogP contribution < -0.4 is 27.3 Å². The van der Waals surface area contributed by atoms with Gasteiger partial charge in [0.2, 0.25) is 19.5 Å². The number of nitrogens with zero attached hydrogens (tertiary/aromatic N) is 7. The number of rotatable bonds is 14. The summed E-state index contributed by atoms with van der Waals surface area (Å²) >= 11 is 6.25. The molecule has 2 amide bonds. The number of aromatic nitrogens is 4. The molecule has 10 fully saturated rings. The normalized spacial score (nSPS) is 32.2. The van der Waals surface area contributed by atoms with E-state index in [2.05, 4.69) is 60.9 Å². The summed E-state index contributed by atoms with van der Waals surface area (Å²) in [4.78, 5) is 57.1. The SMILES string of the molecule is C.C.CCN(CC)CC.CC[C@H]1O[C@@H](n2ccc(NC(C)=O)nc2=O)[C@@H](OC)C1O.CC[C@H]1O[C@@H](n2ccc(NC(C)=O)nc2=O)[C@@H](OC)C1OP1OC2(CCCC2)[C@@H]2CCCN21.ClP1OC2(CCCC2)[C@@H]2CCCN21.OC1([C@@H]2CCCN2)CCCC1. The van der Waals surface area contributed by atoms with Gasteiger partial charge in [-0.2, -0.15) is 9.97 Å². The lowest BCUT2D eigenvalue weighted by molar-refractivity contribution is -0.115. The number of aliphatic hydroxyl groups excluding tert-OH is 1. The Bertz CT molecular complexity index is 2560. The van der Waals surface area contributed by atoms with Gasteiger partial charge in [0.25, 0.3) is 8.53 Å². The molecule has 3 aliphatic carbocycles. The van der Waals surface area contributed by atoms with E-state index in [9.17, 15) is 29.4 Å². The summed E-state index contributed by atoms with van der Waals surface area (Å²) in [6.07, 6.45) is 21.6. The highest BCUT2D eigenvalue weighted by Gasteiger charge is 2.60. The maximum atomic E-state index is 12.7. The second-order valence-corrected chi connectivity index (χ2v) is 27.6. The Morgan fingerprint density at radius 3 is 1.61 bits per heavy atom. The van der Waals surface area contributed by atoms with E-state index in [0.29, 0.717) is 31.0 Å². The Hall–Kier alpha value is -2.67. The van der Waals surface area contributed by atoms with E-state index in [1.54, 1.807) is 19.4 Å². The van der Waals surface area contributed by atoms with Crippen molar-refractivity contribution in [3.63, 3.8) is 0 Å². The zero-order chi connectivity index (χ0) is 61.1. The average molecular weight is 1290 g/mol. The summed E-state index contributed by atoms with van der Waals surface area (Å²) in [6, 6.07) is 4.59. The van der Waals surface area contributed by atoms with E-state index in [4.69, 9.17) is 43.8 Å². The third-order valence-electron chi connectivity index (χ3n) is 19.0. The minimum absolute atomic E-state index is 0. The summed E-state index contributed by atoms with van der Waals surface area (Å²) < 4.78 is 49.9. The first kappa shape index (κ1) is 73.4. The number of halogens is 1. The van der Waals surface area contributed by atoms with Crippen molar-refractivity contribution in [3.8, 4) is 0 Å². The van der Waals surface area contributed by atoms with Crippen LogP contribution in [0.25, 0.3) is 0 Å². The fraction of sp³-hybridized carbons (Fsp3) is 0.836. The number of anilines is 2. The van der Waals surface area contributed by atoms with Crippen LogP contribution in [0.5, 0.6) is 0 Å². The van der Waals surface area contributed by atoms with E-state index < -0.39 is 64.4 Å². The summed E-state index contributed by atoms with van der Waals surface area (Å²) in [5.74, 6) is -0.221. The van der Waals surface area contributed by atoms with Crippen LogP contribution in [0.1, 0.15) is 204 Å². The van der Waals surface area contributed by atoms with Crippen molar-refractivity contribution in [1.82, 2.24) is 38.7 Å². The second kappa shape index (κ2) is 33.8. The third-order valence-corrected chi connectivity index (χ3v) is 23.0. The average Bonchev–Trinajstić information content (AvgIpc) is 1.63. The minimum atomic E-state index is -1.21. The molecule has 23 nitrogen and oxygen atoms in total. The molecule has 12 rings (SSSR count). The van der Waals surface area contributed by atoms with Crippen LogP contribution in [0, 0.1) is 0 Å². The Kier molecular flexibility index (Phi) is 28.5. The first-order valence-electron chi connectivity index (χ1n) is 31.7. The molecule has 496 valence electrons. The first-order valence-corrected chi connectivity index (χ1v) is 35.0. The number of nitrogens with one attached hydrogen (secondary N) is 3. The van der Waals surface area contributed by atoms with Gasteiger partial charge in [0.15, 0.2) is 12.5 Å². The number of ether oxygens (including phenoxy) is 4. The predicted octanol–water partition coefficient (Wildman–Crippen LogP) is 9.75. The maximum absolute atomic E-state index is 12.7. The molecule has 87 heavy (non-hydrogen) atoms. The van der Waals surface area contributed by atoms with Crippen molar-refractivity contribution >= 4 is 50.9 Å². The van der Waals surface area contributed by atoms with Crippen molar-refractivity contribution in [3.05, 3.63) is 45.5 Å². The summed E-state index contributed by atoms with van der Waals surface area (Å²) in [7, 11) is 1.09. The number of hydrogen-bond acceptors (Lipinski definition) is 19. The molecule has 0 bridgehead atoms. The number of hydrogen-bond donors (Lipinski definition) is 5. The lowest BCUT2D eigenvalue weighted by Gasteiger charge is -2.29. The molecule has 9 heterocycles. The molecule has 4 unspecified atom stereocenters. The number of methoxy groups -OCH3 is 2. The quantitative estimate of drug-likeness (QED) is 0.110. The zero-order valence-corrected chi connectivity index (χ0v) is 54.4. The number of carbonyl (C=O) groups is 2. The standard InChI is InChI=1S/C22H33N4O6P.C13H19N3O5.C9H15ClNOP.C9H17NO.C6H15N.2CH4/c1-4-15-18(31-33-26-12-7-8-16(26)22(32-33)10-5-6-11-22)19(29-3)20(30-15)25-13-9-17(23-14(2)27)24-21(25)28;1-4-8-10(18)11(20-3)12(21-8)16-6-5-9(14-7(2)17)15-13(16)19;10-13-11-7-3-4-8(11)9(12-13)5-1-2-6-9;11-9(5-1-2-6-9)8-4-3-7-10-8;1-4-7(5-2)6-3;;/h9,13,15-16,18-20H,4-8,10-12H2,1-3H3,(H,23,24,27,28);5-6,8,10-12,18H,4H2,1-3H3,(H,14,15,17,19);8H,1-7H2;8,10-11H,1-7H2;4-6H2,1-3H3;2*1H4/t15-,16+,18?,19+,20-,33?;8-,10?,11+,12-;8-,13?;8-;;;/m1100.../s1. The highest BCUT2D eigenvalue weighted by atomic mass is 35.7. The highest BCUT2D eigenvalue weighted by Crippen LogP contribution is 2.66. The summed E-state index contributed by atoms with van der Waals surface area (Å²) in [6.45, 7) is 20.0. The van der Waals surface area contributed by atoms with E-state index >= 15 is 0 Å². The van der Waals surface area contributed by atoms with E-state index in [0.717, 1.165) is 38.8 Å². The van der Waals surface area contributed by atoms with Crippen LogP contribution in [0.15, 0.2) is 34.1 Å². The first-order chi connectivity index (χ1) is 40.9. The van der Waals surface area contributed by atoms with Crippen LogP contribution in [-0.2, 0) is 42.1 Å². The number of carbonyl (C=O) groups excluding carboxylic acids is 2. The largest absolute Gasteiger partial charge is 0.388 e. The Balaban J connectivity index is 0.000000191. The fourth-order valence-electron chi connectivity index (χ4n) is 14.5. The van der Waals surface area contributed by atoms with Crippen LogP contribution in [0.2, 0.25) is 0 Å². The zero-order valence-electron chi connectivity index (χ0n) is 51.8. The van der Waals surface area contributed by atoms with Crippen molar-refractivity contribution in [2.45, 2.75) is 276 Å². The molecule has 0 aromatic carbocycles. The van der Waals surface area contributed by atoms with Gasteiger partial charge in [-0.25, -0.2) is 18.9 Å². The van der Waals surface area contributed by atoms with Crippen LogP contribution >= 0.6 is 27.4 Å². The lowest BCUT2D eigenvalue weighted by atomic mass is 9.91. The maximum Gasteiger partial charge on any atom is 0.351 e. The number of fused-ring (bicyclic) bond motifs is 4. The van der Waals surface area contributed by atoms with Gasteiger partial charge in [0, 0.05) is 71.7 Å². The van der Waals surface area contributed by atoms with Gasteiger partial charge in [-0.15, -0.1) is 0 Å². The van der Waals surface area contributed by atoms with Crippen molar-refractivity contribution in [2.75, 3.05) is 64.1 Å². The topological polar surface area (TPSA) is 255 Å². The van der Waals surface area contributed by atoms with Crippen LogP contribution in [0.3, 0.4) is 0 Å². The molecule has 0 radical (unpaired) electrons. The molecule has 26 heteroatoms. The smallest absolute Gasteiger partial charge is 0.351 e. The van der Waals surface area contributed by atoms with Gasteiger partial charge in [0.05, 0.1) is 29.0 Å². The second-order valence-electron chi connectivity index (χ2n) is 24.2. The van der Waals surface area contributed by atoms with Crippen LogP contribution in [0.4, 0.5) is 11.6 Å². The molecule has 10 aliphatic rings. The van der Waals surface area contributed by atoms with Crippen molar-refractivity contribution in [1.29, 1.82) is 0 Å². The highest BCUT2D eigenvalue weighted by molar-refractivity contribution is 7.78. The van der Waals surface area contributed by atoms with Crippen molar-refractivity contribution in [2.24, 2.45) is 0 Å². The molecule has 2 spiro atoms.